The molecule has 1 aliphatic heterocycles. The molecule has 0 spiro atoms. The van der Waals surface area contributed by atoms with E-state index < -0.39 is 0 Å². The predicted molar refractivity (Wildman–Crippen MR) is 68.3 cm³/mol. The third-order valence-electron chi connectivity index (χ3n) is 3.14. The number of hydrogen-bond donors (Lipinski definition) is 0. The summed E-state index contributed by atoms with van der Waals surface area (Å²) in [6.45, 7) is 4.37. The fourth-order valence-electron chi connectivity index (χ4n) is 2.32. The van der Waals surface area contributed by atoms with Gasteiger partial charge in [-0.2, -0.15) is 5.26 Å². The number of nitrogens with zero attached hydrogens (tertiary/aromatic N) is 2. The Kier molecular flexibility index (Phi) is 3.52. The highest BCUT2D eigenvalue weighted by Crippen LogP contribution is 2.33. The monoisotopic (exact) mass is 244 g/mol. The second-order valence-electron chi connectivity index (χ2n) is 4.39. The lowest BCUT2D eigenvalue weighted by Gasteiger charge is -2.23. The number of benzene rings is 1. The molecule has 0 saturated carbocycles. The summed E-state index contributed by atoms with van der Waals surface area (Å²) in [6, 6.07) is 7.82. The number of carbonyl (C=O) groups excluding carboxylic acids is 1. The van der Waals surface area contributed by atoms with Crippen LogP contribution in [-0.4, -0.2) is 25.2 Å². The van der Waals surface area contributed by atoms with Crippen LogP contribution in [0.2, 0.25) is 0 Å². The molecule has 4 heteroatoms. The highest BCUT2D eigenvalue weighted by molar-refractivity contribution is 5.84. The van der Waals surface area contributed by atoms with Crippen LogP contribution in [0.1, 0.15) is 18.1 Å². The van der Waals surface area contributed by atoms with Crippen molar-refractivity contribution in [1.29, 1.82) is 5.26 Å². The summed E-state index contributed by atoms with van der Waals surface area (Å²) in [5.74, 6) is -0.249. The van der Waals surface area contributed by atoms with Gasteiger partial charge in [-0.1, -0.05) is 12.1 Å². The zero-order valence-electron chi connectivity index (χ0n) is 10.6. The van der Waals surface area contributed by atoms with Crippen molar-refractivity contribution in [1.82, 2.24) is 0 Å². The van der Waals surface area contributed by atoms with Gasteiger partial charge >= 0.3 is 5.97 Å². The van der Waals surface area contributed by atoms with E-state index >= 15 is 0 Å². The highest BCUT2D eigenvalue weighted by atomic mass is 16.5. The lowest BCUT2D eigenvalue weighted by Crippen LogP contribution is -2.40. The van der Waals surface area contributed by atoms with Gasteiger partial charge in [-0.15, -0.1) is 0 Å². The number of fused-ring (bicyclic) bond motifs is 1. The van der Waals surface area contributed by atoms with Crippen molar-refractivity contribution in [2.45, 2.75) is 26.3 Å². The number of aryl methyl sites for hydroxylation is 1. The molecule has 1 aliphatic rings. The molecule has 1 unspecified atom stereocenters. The molecule has 0 N–H and O–H groups in total. The summed E-state index contributed by atoms with van der Waals surface area (Å²) in [6.07, 6.45) is 0.621. The van der Waals surface area contributed by atoms with Crippen LogP contribution in [-0.2, 0) is 16.0 Å². The number of ether oxygens (including phenoxy) is 1. The normalized spacial score (nSPS) is 17.2. The molecule has 1 atom stereocenters. The number of anilines is 1. The lowest BCUT2D eigenvalue weighted by atomic mass is 10.1. The molecule has 94 valence electrons. The molecule has 0 aromatic heterocycles. The van der Waals surface area contributed by atoms with E-state index in [1.807, 2.05) is 30.0 Å². The summed E-state index contributed by atoms with van der Waals surface area (Å²) in [5.41, 5.74) is 3.21. The lowest BCUT2D eigenvalue weighted by molar-refractivity contribution is -0.144. The number of esters is 1. The number of carbonyl (C=O) groups is 1. The topological polar surface area (TPSA) is 53.3 Å². The van der Waals surface area contributed by atoms with Crippen molar-refractivity contribution in [3.8, 4) is 6.07 Å². The smallest absolute Gasteiger partial charge is 0.329 e. The number of rotatable bonds is 3. The van der Waals surface area contributed by atoms with Gasteiger partial charge in [0.2, 0.25) is 0 Å². The van der Waals surface area contributed by atoms with E-state index in [4.69, 9.17) is 10.00 Å². The molecule has 18 heavy (non-hydrogen) atoms. The van der Waals surface area contributed by atoms with E-state index in [0.717, 1.165) is 16.8 Å². The fourth-order valence-corrected chi connectivity index (χ4v) is 2.32. The molecule has 0 radical (unpaired) electrons. The number of hydrogen-bond acceptors (Lipinski definition) is 4. The molecular weight excluding hydrogens is 228 g/mol. The maximum atomic E-state index is 11.9. The van der Waals surface area contributed by atoms with Crippen molar-refractivity contribution in [3.05, 3.63) is 29.3 Å². The van der Waals surface area contributed by atoms with Crippen LogP contribution < -0.4 is 4.90 Å². The zero-order valence-corrected chi connectivity index (χ0v) is 10.6. The zero-order chi connectivity index (χ0) is 13.1. The van der Waals surface area contributed by atoms with Gasteiger partial charge < -0.3 is 9.64 Å². The van der Waals surface area contributed by atoms with Crippen molar-refractivity contribution in [2.24, 2.45) is 0 Å². The Bertz CT molecular complexity index is 505. The minimum absolute atomic E-state index is 0.208. The summed E-state index contributed by atoms with van der Waals surface area (Å²) in [5, 5.41) is 8.91. The van der Waals surface area contributed by atoms with Crippen LogP contribution in [0.15, 0.2) is 18.2 Å². The van der Waals surface area contributed by atoms with Crippen LogP contribution in [0, 0.1) is 18.3 Å². The van der Waals surface area contributed by atoms with Crippen molar-refractivity contribution in [2.75, 3.05) is 18.1 Å². The molecule has 4 nitrogen and oxygen atoms in total. The first-order valence-electron chi connectivity index (χ1n) is 6.07. The average molecular weight is 244 g/mol. The first-order chi connectivity index (χ1) is 8.67. The van der Waals surface area contributed by atoms with Gasteiger partial charge in [-0.05, 0) is 31.0 Å². The minimum Gasteiger partial charge on any atom is -0.464 e. The van der Waals surface area contributed by atoms with E-state index in [1.54, 1.807) is 6.92 Å². The Morgan fingerprint density at radius 2 is 2.39 bits per heavy atom. The fraction of sp³-hybridized carbons (Fsp3) is 0.429. The van der Waals surface area contributed by atoms with Gasteiger partial charge in [0.1, 0.15) is 12.6 Å². The summed E-state index contributed by atoms with van der Waals surface area (Å²) in [7, 11) is 0. The van der Waals surface area contributed by atoms with E-state index in [-0.39, 0.29) is 18.6 Å². The Morgan fingerprint density at radius 1 is 1.61 bits per heavy atom. The van der Waals surface area contributed by atoms with Gasteiger partial charge in [0.25, 0.3) is 0 Å². The Morgan fingerprint density at radius 3 is 3.06 bits per heavy atom. The molecular formula is C14H16N2O2. The van der Waals surface area contributed by atoms with E-state index in [2.05, 4.69) is 6.07 Å². The minimum atomic E-state index is -0.360. The van der Waals surface area contributed by atoms with Crippen molar-refractivity contribution >= 4 is 11.7 Å². The highest BCUT2D eigenvalue weighted by Gasteiger charge is 2.35. The maximum Gasteiger partial charge on any atom is 0.329 e. The Labute approximate surface area is 107 Å². The molecule has 0 aliphatic carbocycles. The van der Waals surface area contributed by atoms with Crippen LogP contribution >= 0.6 is 0 Å². The Balaban J connectivity index is 2.32. The van der Waals surface area contributed by atoms with Gasteiger partial charge in [0.15, 0.2) is 0 Å². The van der Waals surface area contributed by atoms with Crippen LogP contribution in [0.25, 0.3) is 0 Å². The largest absolute Gasteiger partial charge is 0.464 e. The van der Waals surface area contributed by atoms with Crippen molar-refractivity contribution < 1.29 is 9.53 Å². The van der Waals surface area contributed by atoms with Crippen LogP contribution in [0.3, 0.4) is 0 Å². The Hall–Kier alpha value is -2.02. The third-order valence-corrected chi connectivity index (χ3v) is 3.14. The van der Waals surface area contributed by atoms with E-state index in [1.165, 1.54) is 0 Å². The molecule has 1 aromatic carbocycles. The predicted octanol–water partition coefficient (Wildman–Crippen LogP) is 1.81. The van der Waals surface area contributed by atoms with E-state index in [0.29, 0.717) is 13.0 Å². The summed E-state index contributed by atoms with van der Waals surface area (Å²) in [4.78, 5) is 13.7. The second kappa shape index (κ2) is 5.09. The third kappa shape index (κ3) is 2.17. The van der Waals surface area contributed by atoms with Crippen LogP contribution in [0.5, 0.6) is 0 Å². The average Bonchev–Trinajstić information content (AvgIpc) is 2.69. The standard InChI is InChI=1S/C14H16N2O2/c1-3-18-14(17)13-9-11-5-4-10(2)8-12(11)16(13)7-6-15/h4-5,8,13H,3,7,9H2,1-2H3. The molecule has 0 fully saturated rings. The van der Waals surface area contributed by atoms with Gasteiger partial charge in [-0.25, -0.2) is 4.79 Å². The second-order valence-corrected chi connectivity index (χ2v) is 4.39. The summed E-state index contributed by atoms with van der Waals surface area (Å²) >= 11 is 0. The molecule has 0 saturated heterocycles. The molecule has 0 bridgehead atoms. The molecule has 0 amide bonds. The summed E-state index contributed by atoms with van der Waals surface area (Å²) < 4.78 is 5.07. The maximum absolute atomic E-state index is 11.9. The van der Waals surface area contributed by atoms with Gasteiger partial charge in [0, 0.05) is 12.1 Å². The van der Waals surface area contributed by atoms with E-state index in [9.17, 15) is 4.79 Å². The van der Waals surface area contributed by atoms with Crippen molar-refractivity contribution in [3.63, 3.8) is 0 Å². The SMILES string of the molecule is CCOC(=O)C1Cc2ccc(C)cc2N1CC#N. The quantitative estimate of drug-likeness (QED) is 0.601. The molecule has 1 aromatic rings. The molecule has 2 rings (SSSR count). The van der Waals surface area contributed by atoms with Gasteiger partial charge in [-0.3, -0.25) is 0 Å². The van der Waals surface area contributed by atoms with Crippen LogP contribution in [0.4, 0.5) is 5.69 Å². The first-order valence-corrected chi connectivity index (χ1v) is 6.07. The van der Waals surface area contributed by atoms with Gasteiger partial charge in [0.05, 0.1) is 12.7 Å². The first kappa shape index (κ1) is 12.4. The number of nitriles is 1. The molecule has 1 heterocycles.